The van der Waals surface area contributed by atoms with E-state index < -0.39 is 0 Å². The largest absolute Gasteiger partial charge is 0.305 e. The van der Waals surface area contributed by atoms with Gasteiger partial charge in [-0.15, -0.1) is 11.3 Å². The fourth-order valence-electron chi connectivity index (χ4n) is 3.32. The quantitative estimate of drug-likeness (QED) is 0.808. The molecule has 3 rings (SSSR count). The normalized spacial score (nSPS) is 22.4. The minimum absolute atomic E-state index is 0.170. The van der Waals surface area contributed by atoms with Crippen LogP contribution >= 0.6 is 11.3 Å². The minimum Gasteiger partial charge on any atom is -0.305 e. The zero-order valence-corrected chi connectivity index (χ0v) is 14.6. The summed E-state index contributed by atoms with van der Waals surface area (Å²) < 4.78 is 0. The molecule has 1 unspecified atom stereocenters. The van der Waals surface area contributed by atoms with Crippen molar-refractivity contribution < 1.29 is 0 Å². The smallest absolute Gasteiger partial charge is 0.110 e. The van der Waals surface area contributed by atoms with Crippen LogP contribution in [0.2, 0.25) is 0 Å². The molecule has 118 valence electrons. The van der Waals surface area contributed by atoms with Crippen molar-refractivity contribution in [3.05, 3.63) is 16.1 Å². The summed E-state index contributed by atoms with van der Waals surface area (Å²) >= 11 is 1.87. The molecule has 0 saturated heterocycles. The maximum atomic E-state index is 4.98. The van der Waals surface area contributed by atoms with Gasteiger partial charge in [-0.05, 0) is 25.2 Å². The van der Waals surface area contributed by atoms with Crippen molar-refractivity contribution >= 4 is 11.3 Å². The van der Waals surface area contributed by atoms with Crippen molar-refractivity contribution in [3.8, 4) is 0 Å². The fourth-order valence-corrected chi connectivity index (χ4v) is 4.44. The van der Waals surface area contributed by atoms with Crippen LogP contribution in [0.3, 0.4) is 0 Å². The number of aromatic nitrogens is 1. The van der Waals surface area contributed by atoms with E-state index in [0.29, 0.717) is 6.04 Å². The first-order chi connectivity index (χ1) is 10.0. The third kappa shape index (κ3) is 4.29. The van der Waals surface area contributed by atoms with Crippen molar-refractivity contribution in [3.63, 3.8) is 0 Å². The molecule has 0 radical (unpaired) electrons. The summed E-state index contributed by atoms with van der Waals surface area (Å²) in [5, 5.41) is 7.47. The lowest BCUT2D eigenvalue weighted by Crippen LogP contribution is -2.26. The lowest BCUT2D eigenvalue weighted by molar-refractivity contribution is 0.298. The number of thiazole rings is 1. The van der Waals surface area contributed by atoms with Gasteiger partial charge in [-0.2, -0.15) is 0 Å². The van der Waals surface area contributed by atoms with Gasteiger partial charge in [0.25, 0.3) is 0 Å². The molecule has 0 spiro atoms. The molecule has 0 amide bonds. The Morgan fingerprint density at radius 1 is 1.19 bits per heavy atom. The van der Waals surface area contributed by atoms with Crippen LogP contribution < -0.4 is 5.32 Å². The van der Waals surface area contributed by atoms with Gasteiger partial charge in [0, 0.05) is 16.8 Å². The van der Waals surface area contributed by atoms with Gasteiger partial charge in [-0.3, -0.25) is 0 Å². The molecule has 0 aromatic carbocycles. The van der Waals surface area contributed by atoms with Crippen LogP contribution in [0.5, 0.6) is 0 Å². The van der Waals surface area contributed by atoms with Gasteiger partial charge in [0.05, 0.1) is 11.7 Å². The van der Waals surface area contributed by atoms with Gasteiger partial charge in [0.15, 0.2) is 0 Å². The summed E-state index contributed by atoms with van der Waals surface area (Å²) in [6, 6.07) is 1.27. The molecule has 2 aliphatic rings. The van der Waals surface area contributed by atoms with E-state index in [4.69, 9.17) is 4.98 Å². The molecule has 0 bridgehead atoms. The molecule has 1 aromatic heterocycles. The number of hydrogen-bond acceptors (Lipinski definition) is 3. The number of rotatable bonds is 5. The Hall–Kier alpha value is -0.410. The van der Waals surface area contributed by atoms with Crippen LogP contribution in [0, 0.1) is 5.92 Å². The Kier molecular flexibility index (Phi) is 4.70. The molecule has 1 aromatic rings. The highest BCUT2D eigenvalue weighted by atomic mass is 32.1. The van der Waals surface area contributed by atoms with Crippen molar-refractivity contribution in [1.82, 2.24) is 10.3 Å². The monoisotopic (exact) mass is 306 g/mol. The SMILES string of the molecule is CC(C)(C)c1csc(C(CC2CCCCC2)NC2CC2)n1. The standard InChI is InChI=1S/C18H30N2S/c1-18(2,3)16-12-21-17(20-16)15(19-14-9-10-14)11-13-7-5-4-6-8-13/h12-15,19H,4-11H2,1-3H3. The van der Waals surface area contributed by atoms with Gasteiger partial charge < -0.3 is 5.32 Å². The lowest BCUT2D eigenvalue weighted by Gasteiger charge is -2.26. The number of nitrogens with one attached hydrogen (secondary N) is 1. The molecule has 2 fully saturated rings. The highest BCUT2D eigenvalue weighted by molar-refractivity contribution is 7.09. The zero-order chi connectivity index (χ0) is 14.9. The molecule has 21 heavy (non-hydrogen) atoms. The van der Waals surface area contributed by atoms with Crippen molar-refractivity contribution in [2.24, 2.45) is 5.92 Å². The molecule has 1 heterocycles. The summed E-state index contributed by atoms with van der Waals surface area (Å²) in [5.41, 5.74) is 1.43. The predicted molar refractivity (Wildman–Crippen MR) is 90.9 cm³/mol. The van der Waals surface area contributed by atoms with E-state index in [0.717, 1.165) is 12.0 Å². The summed E-state index contributed by atoms with van der Waals surface area (Å²) in [4.78, 5) is 4.98. The second-order valence-corrected chi connectivity index (χ2v) is 8.94. The lowest BCUT2D eigenvalue weighted by atomic mass is 9.85. The third-order valence-corrected chi connectivity index (χ3v) is 5.85. The third-order valence-electron chi connectivity index (χ3n) is 4.90. The first kappa shape index (κ1) is 15.5. The Labute approximate surface area is 133 Å². The molecule has 2 saturated carbocycles. The maximum absolute atomic E-state index is 4.98. The Morgan fingerprint density at radius 2 is 1.90 bits per heavy atom. The topological polar surface area (TPSA) is 24.9 Å². The summed E-state index contributed by atoms with van der Waals surface area (Å²) in [6.45, 7) is 6.78. The molecule has 2 aliphatic carbocycles. The van der Waals surface area contributed by atoms with E-state index in [9.17, 15) is 0 Å². The van der Waals surface area contributed by atoms with E-state index >= 15 is 0 Å². The number of hydrogen-bond donors (Lipinski definition) is 1. The van der Waals surface area contributed by atoms with Crippen molar-refractivity contribution in [2.45, 2.75) is 89.6 Å². The summed E-state index contributed by atoms with van der Waals surface area (Å²) in [7, 11) is 0. The Balaban J connectivity index is 1.69. The average molecular weight is 307 g/mol. The fraction of sp³-hybridized carbons (Fsp3) is 0.833. The molecule has 2 nitrogen and oxygen atoms in total. The van der Waals surface area contributed by atoms with Gasteiger partial charge in [-0.25, -0.2) is 4.98 Å². The Bertz CT molecular complexity index is 450. The highest BCUT2D eigenvalue weighted by Crippen LogP contribution is 2.36. The van der Waals surface area contributed by atoms with Gasteiger partial charge in [0.1, 0.15) is 5.01 Å². The van der Waals surface area contributed by atoms with Gasteiger partial charge in [-0.1, -0.05) is 52.9 Å². The van der Waals surface area contributed by atoms with Crippen LogP contribution in [0.25, 0.3) is 0 Å². The van der Waals surface area contributed by atoms with Crippen LogP contribution in [-0.4, -0.2) is 11.0 Å². The number of nitrogens with zero attached hydrogens (tertiary/aromatic N) is 1. The predicted octanol–water partition coefficient (Wildman–Crippen LogP) is 5.20. The molecular formula is C18H30N2S. The first-order valence-electron chi connectivity index (χ1n) is 8.74. The second kappa shape index (κ2) is 6.37. The molecule has 1 N–H and O–H groups in total. The van der Waals surface area contributed by atoms with Crippen LogP contribution in [0.1, 0.15) is 88.9 Å². The molecule has 0 aliphatic heterocycles. The van der Waals surface area contributed by atoms with Gasteiger partial charge in [0.2, 0.25) is 0 Å². The van der Waals surface area contributed by atoms with Gasteiger partial charge >= 0.3 is 0 Å². The van der Waals surface area contributed by atoms with E-state index in [1.807, 2.05) is 11.3 Å². The first-order valence-corrected chi connectivity index (χ1v) is 9.62. The molecule has 1 atom stereocenters. The minimum atomic E-state index is 0.170. The molecule has 3 heteroatoms. The Morgan fingerprint density at radius 3 is 2.48 bits per heavy atom. The van der Waals surface area contributed by atoms with Crippen molar-refractivity contribution in [2.75, 3.05) is 0 Å². The highest BCUT2D eigenvalue weighted by Gasteiger charge is 2.30. The van der Waals surface area contributed by atoms with Crippen LogP contribution in [0.15, 0.2) is 5.38 Å². The van der Waals surface area contributed by atoms with Crippen LogP contribution in [0.4, 0.5) is 0 Å². The second-order valence-electron chi connectivity index (χ2n) is 8.05. The molecular weight excluding hydrogens is 276 g/mol. The zero-order valence-electron chi connectivity index (χ0n) is 13.8. The van der Waals surface area contributed by atoms with Crippen LogP contribution in [-0.2, 0) is 5.41 Å². The maximum Gasteiger partial charge on any atom is 0.110 e. The van der Waals surface area contributed by atoms with E-state index in [-0.39, 0.29) is 5.41 Å². The summed E-state index contributed by atoms with van der Waals surface area (Å²) in [5.74, 6) is 0.914. The van der Waals surface area contributed by atoms with E-state index in [1.54, 1.807) is 0 Å². The van der Waals surface area contributed by atoms with E-state index in [2.05, 4.69) is 31.5 Å². The average Bonchev–Trinajstić information content (AvgIpc) is 3.11. The van der Waals surface area contributed by atoms with Crippen molar-refractivity contribution in [1.29, 1.82) is 0 Å². The van der Waals surface area contributed by atoms with E-state index in [1.165, 1.54) is 62.1 Å². The summed E-state index contributed by atoms with van der Waals surface area (Å²) in [6.07, 6.45) is 11.2.